The summed E-state index contributed by atoms with van der Waals surface area (Å²) in [7, 11) is -0.884. The van der Waals surface area contributed by atoms with Gasteiger partial charge < -0.3 is 14.8 Å². The van der Waals surface area contributed by atoms with Gasteiger partial charge in [-0.1, -0.05) is 41.9 Å². The van der Waals surface area contributed by atoms with E-state index < -0.39 is 15.9 Å². The number of aryl methyl sites for hydroxylation is 1. The third-order valence-corrected chi connectivity index (χ3v) is 7.72. The number of amides is 1. The number of sulfonamides is 1. The van der Waals surface area contributed by atoms with Crippen molar-refractivity contribution in [3.8, 4) is 11.5 Å². The van der Waals surface area contributed by atoms with Gasteiger partial charge in [-0.2, -0.15) is 4.31 Å². The number of rotatable bonds is 10. The molecule has 0 aliphatic carbocycles. The third-order valence-electron chi connectivity index (χ3n) is 5.66. The van der Waals surface area contributed by atoms with E-state index >= 15 is 0 Å². The Morgan fingerprint density at radius 3 is 2.29 bits per heavy atom. The largest absolute Gasteiger partial charge is 0.493 e. The van der Waals surface area contributed by atoms with Crippen LogP contribution in [0.4, 0.5) is 0 Å². The Bertz CT molecular complexity index is 1280. The third kappa shape index (κ3) is 6.54. The lowest BCUT2D eigenvalue weighted by molar-refractivity contribution is -0.122. The molecule has 9 heteroatoms. The molecule has 186 valence electrons. The maximum Gasteiger partial charge on any atom is 0.243 e. The van der Waals surface area contributed by atoms with Crippen molar-refractivity contribution >= 4 is 27.5 Å². The van der Waals surface area contributed by atoms with Gasteiger partial charge in [0.2, 0.25) is 15.9 Å². The van der Waals surface area contributed by atoms with Crippen molar-refractivity contribution in [2.45, 2.75) is 31.3 Å². The first-order chi connectivity index (χ1) is 16.6. The summed E-state index contributed by atoms with van der Waals surface area (Å²) in [6.45, 7) is 3.42. The van der Waals surface area contributed by atoms with Crippen LogP contribution in [0.2, 0.25) is 5.02 Å². The summed E-state index contributed by atoms with van der Waals surface area (Å²) in [5.74, 6) is 0.684. The van der Waals surface area contributed by atoms with Gasteiger partial charge in [0.25, 0.3) is 0 Å². The van der Waals surface area contributed by atoms with Gasteiger partial charge in [-0.15, -0.1) is 0 Å². The summed E-state index contributed by atoms with van der Waals surface area (Å²) < 4.78 is 38.7. The molecule has 0 radical (unpaired) electrons. The molecule has 3 aromatic carbocycles. The first kappa shape index (κ1) is 26.5. The maximum atomic E-state index is 13.5. The molecule has 0 fully saturated rings. The molecular weight excluding hydrogens is 488 g/mol. The summed E-state index contributed by atoms with van der Waals surface area (Å²) in [6.07, 6.45) is 0. The second-order valence-corrected chi connectivity index (χ2v) is 10.4. The molecule has 0 spiro atoms. The van der Waals surface area contributed by atoms with E-state index in [-0.39, 0.29) is 24.0 Å². The molecule has 1 N–H and O–H groups in total. The first-order valence-electron chi connectivity index (χ1n) is 11.0. The lowest BCUT2D eigenvalue weighted by atomic mass is 10.1. The number of ether oxygens (including phenoxy) is 2. The fourth-order valence-electron chi connectivity index (χ4n) is 3.61. The average Bonchev–Trinajstić information content (AvgIpc) is 2.84. The van der Waals surface area contributed by atoms with E-state index in [1.54, 1.807) is 19.2 Å². The van der Waals surface area contributed by atoms with Crippen LogP contribution in [0.1, 0.15) is 29.7 Å². The molecule has 3 rings (SSSR count). The molecule has 1 atom stereocenters. The Labute approximate surface area is 211 Å². The van der Waals surface area contributed by atoms with Crippen molar-refractivity contribution in [3.05, 3.63) is 88.4 Å². The van der Waals surface area contributed by atoms with Crippen molar-refractivity contribution in [3.63, 3.8) is 0 Å². The van der Waals surface area contributed by atoms with Gasteiger partial charge in [0.05, 0.1) is 31.7 Å². The van der Waals surface area contributed by atoms with Gasteiger partial charge in [-0.25, -0.2) is 8.42 Å². The first-order valence-corrected chi connectivity index (χ1v) is 12.8. The number of halogens is 1. The van der Waals surface area contributed by atoms with Crippen molar-refractivity contribution in [1.29, 1.82) is 0 Å². The van der Waals surface area contributed by atoms with E-state index in [0.29, 0.717) is 16.5 Å². The number of methoxy groups -OCH3 is 2. The van der Waals surface area contributed by atoms with Crippen molar-refractivity contribution in [2.24, 2.45) is 0 Å². The highest BCUT2D eigenvalue weighted by Gasteiger charge is 2.28. The van der Waals surface area contributed by atoms with E-state index in [4.69, 9.17) is 21.1 Å². The van der Waals surface area contributed by atoms with Gasteiger partial charge in [0.1, 0.15) is 0 Å². The molecule has 0 aliphatic rings. The predicted octanol–water partition coefficient (Wildman–Crippen LogP) is 4.73. The predicted molar refractivity (Wildman–Crippen MR) is 136 cm³/mol. The molecular formula is C26H29ClN2O5S. The number of hydrogen-bond acceptors (Lipinski definition) is 5. The number of nitrogens with one attached hydrogen (secondary N) is 1. The molecule has 0 aromatic heterocycles. The Balaban J connectivity index is 1.84. The van der Waals surface area contributed by atoms with E-state index in [2.05, 4.69) is 5.32 Å². The van der Waals surface area contributed by atoms with Gasteiger partial charge >= 0.3 is 0 Å². The smallest absolute Gasteiger partial charge is 0.243 e. The number of benzene rings is 3. The van der Waals surface area contributed by atoms with E-state index in [0.717, 1.165) is 16.7 Å². The number of carbonyl (C=O) groups excluding carboxylic acids is 1. The zero-order valence-corrected chi connectivity index (χ0v) is 21.7. The molecule has 0 saturated heterocycles. The monoisotopic (exact) mass is 516 g/mol. The fraction of sp³-hybridized carbons (Fsp3) is 0.269. The summed E-state index contributed by atoms with van der Waals surface area (Å²) in [5.41, 5.74) is 2.54. The van der Waals surface area contributed by atoms with Crippen LogP contribution < -0.4 is 14.8 Å². The minimum Gasteiger partial charge on any atom is -0.493 e. The fourth-order valence-corrected chi connectivity index (χ4v) is 5.11. The summed E-state index contributed by atoms with van der Waals surface area (Å²) in [6, 6.07) is 18.3. The molecule has 0 aliphatic heterocycles. The quantitative estimate of drug-likeness (QED) is 0.421. The second-order valence-electron chi connectivity index (χ2n) is 8.06. The van der Waals surface area contributed by atoms with Crippen LogP contribution in [-0.4, -0.2) is 39.4 Å². The maximum absolute atomic E-state index is 13.5. The Kier molecular flexibility index (Phi) is 8.77. The minimum atomic E-state index is -3.97. The molecule has 1 amide bonds. The molecule has 3 aromatic rings. The lowest BCUT2D eigenvalue weighted by Crippen LogP contribution is -2.41. The van der Waals surface area contributed by atoms with Crippen LogP contribution >= 0.6 is 11.6 Å². The summed E-state index contributed by atoms with van der Waals surface area (Å²) in [5, 5.41) is 3.31. The highest BCUT2D eigenvalue weighted by atomic mass is 35.5. The SMILES string of the molecule is COc1ccc([C@@H](C)NC(=O)CN(Cc2ccccc2C)S(=O)(=O)c2ccc(Cl)cc2)cc1OC. The standard InChI is InChI=1S/C26H29ClN2O5S/c1-18-7-5-6-8-21(18)16-29(35(31,32)23-12-10-22(27)11-13-23)17-26(30)28-19(2)20-9-14-24(33-3)25(15-20)34-4/h5-15,19H,16-17H2,1-4H3,(H,28,30)/t19-/m1/s1. The van der Waals surface area contributed by atoms with Crippen molar-refractivity contribution in [2.75, 3.05) is 20.8 Å². The topological polar surface area (TPSA) is 84.9 Å². The van der Waals surface area contributed by atoms with Crippen molar-refractivity contribution < 1.29 is 22.7 Å². The zero-order chi connectivity index (χ0) is 25.6. The zero-order valence-electron chi connectivity index (χ0n) is 20.1. The normalized spacial score (nSPS) is 12.3. The van der Waals surface area contributed by atoms with Gasteiger partial charge in [0, 0.05) is 11.6 Å². The summed E-state index contributed by atoms with van der Waals surface area (Å²) >= 11 is 5.94. The van der Waals surface area contributed by atoms with E-state index in [9.17, 15) is 13.2 Å². The number of carbonyl (C=O) groups is 1. The summed E-state index contributed by atoms with van der Waals surface area (Å²) in [4.78, 5) is 13.1. The highest BCUT2D eigenvalue weighted by molar-refractivity contribution is 7.89. The second kappa shape index (κ2) is 11.6. The molecule has 0 heterocycles. The van der Waals surface area contributed by atoms with Gasteiger partial charge in [-0.05, 0) is 66.9 Å². The van der Waals surface area contributed by atoms with Crippen LogP contribution in [0.5, 0.6) is 11.5 Å². The average molecular weight is 517 g/mol. The molecule has 0 unspecified atom stereocenters. The highest BCUT2D eigenvalue weighted by Crippen LogP contribution is 2.30. The molecule has 0 bridgehead atoms. The molecule has 0 saturated carbocycles. The lowest BCUT2D eigenvalue weighted by Gasteiger charge is -2.24. The Hall–Kier alpha value is -3.07. The Morgan fingerprint density at radius 2 is 1.66 bits per heavy atom. The van der Waals surface area contributed by atoms with Crippen molar-refractivity contribution in [1.82, 2.24) is 9.62 Å². The molecule has 35 heavy (non-hydrogen) atoms. The molecule has 7 nitrogen and oxygen atoms in total. The Morgan fingerprint density at radius 1 is 1.00 bits per heavy atom. The number of hydrogen-bond donors (Lipinski definition) is 1. The van der Waals surface area contributed by atoms with Gasteiger partial charge in [-0.3, -0.25) is 4.79 Å². The van der Waals surface area contributed by atoms with E-state index in [1.807, 2.05) is 44.2 Å². The number of nitrogens with zero attached hydrogens (tertiary/aromatic N) is 1. The van der Waals surface area contributed by atoms with Gasteiger partial charge in [0.15, 0.2) is 11.5 Å². The van der Waals surface area contributed by atoms with Crippen LogP contribution in [0.15, 0.2) is 71.6 Å². The van der Waals surface area contributed by atoms with Crippen LogP contribution in [0.25, 0.3) is 0 Å². The van der Waals surface area contributed by atoms with E-state index in [1.165, 1.54) is 35.7 Å². The van der Waals surface area contributed by atoms with Crippen LogP contribution in [-0.2, 0) is 21.4 Å². The van der Waals surface area contributed by atoms with Crippen LogP contribution in [0, 0.1) is 6.92 Å². The van der Waals surface area contributed by atoms with Crippen LogP contribution in [0.3, 0.4) is 0 Å². The minimum absolute atomic E-state index is 0.0514.